The summed E-state index contributed by atoms with van der Waals surface area (Å²) < 4.78 is 11.4. The van der Waals surface area contributed by atoms with E-state index in [0.29, 0.717) is 36.1 Å². The molecule has 0 spiro atoms. The van der Waals surface area contributed by atoms with Gasteiger partial charge in [0.1, 0.15) is 0 Å². The van der Waals surface area contributed by atoms with Crippen molar-refractivity contribution in [3.8, 4) is 11.5 Å². The van der Waals surface area contributed by atoms with Crippen molar-refractivity contribution in [1.82, 2.24) is 9.97 Å². The molecule has 0 unspecified atom stereocenters. The topological polar surface area (TPSA) is 102 Å². The number of rotatable bonds is 11. The molecular formula is C24H26N4O4. The molecule has 0 saturated carbocycles. The Bertz CT molecular complexity index is 1010. The molecule has 0 bridgehead atoms. The van der Waals surface area contributed by atoms with Crippen LogP contribution in [0.25, 0.3) is 0 Å². The van der Waals surface area contributed by atoms with Crippen molar-refractivity contribution < 1.29 is 19.1 Å². The van der Waals surface area contributed by atoms with E-state index in [-0.39, 0.29) is 18.1 Å². The van der Waals surface area contributed by atoms with Crippen molar-refractivity contribution >= 4 is 23.5 Å². The highest BCUT2D eigenvalue weighted by Gasteiger charge is 2.17. The van der Waals surface area contributed by atoms with Gasteiger partial charge < -0.3 is 20.1 Å². The molecule has 0 fully saturated rings. The summed E-state index contributed by atoms with van der Waals surface area (Å²) in [5.41, 5.74) is 0.877. The van der Waals surface area contributed by atoms with E-state index in [4.69, 9.17) is 9.47 Å². The molecule has 0 saturated heterocycles. The molecule has 3 aromatic rings. The normalized spacial score (nSPS) is 10.3. The minimum Gasteiger partial charge on any atom is -0.490 e. The summed E-state index contributed by atoms with van der Waals surface area (Å²) in [5, 5.41) is 5.95. The molecule has 1 aromatic heterocycles. The second-order valence-corrected chi connectivity index (χ2v) is 6.84. The number of para-hydroxylation sites is 1. The monoisotopic (exact) mass is 434 g/mol. The number of amides is 1. The molecular weight excluding hydrogens is 408 g/mol. The highest BCUT2D eigenvalue weighted by molar-refractivity contribution is 6.05. The number of nitrogens with one attached hydrogen (secondary N) is 2. The Morgan fingerprint density at radius 2 is 1.72 bits per heavy atom. The van der Waals surface area contributed by atoms with Crippen LogP contribution in [0.2, 0.25) is 0 Å². The van der Waals surface area contributed by atoms with Gasteiger partial charge in [-0.1, -0.05) is 31.2 Å². The van der Waals surface area contributed by atoms with Gasteiger partial charge in [-0.2, -0.15) is 0 Å². The lowest BCUT2D eigenvalue weighted by atomic mass is 10.2. The zero-order chi connectivity index (χ0) is 22.6. The number of aromatic nitrogens is 2. The SMILES string of the molecule is CCC(=O)Oc1c(NC(=O)c2ccccc2)cccc1OCCCCNc1ncccn1. The fraction of sp³-hybridized carbons (Fsp3) is 0.250. The highest BCUT2D eigenvalue weighted by atomic mass is 16.6. The molecule has 0 radical (unpaired) electrons. The van der Waals surface area contributed by atoms with E-state index in [1.54, 1.807) is 67.8 Å². The largest absolute Gasteiger partial charge is 0.490 e. The lowest BCUT2D eigenvalue weighted by Gasteiger charge is -2.16. The van der Waals surface area contributed by atoms with Crippen LogP contribution in [0.3, 0.4) is 0 Å². The van der Waals surface area contributed by atoms with Gasteiger partial charge in [-0.3, -0.25) is 9.59 Å². The number of carbonyl (C=O) groups excluding carboxylic acids is 2. The van der Waals surface area contributed by atoms with Crippen LogP contribution in [0.15, 0.2) is 67.0 Å². The predicted octanol–water partition coefficient (Wildman–Crippen LogP) is 4.32. The van der Waals surface area contributed by atoms with Crippen LogP contribution in [0.4, 0.5) is 11.6 Å². The summed E-state index contributed by atoms with van der Waals surface area (Å²) in [6.07, 6.45) is 5.17. The van der Waals surface area contributed by atoms with Gasteiger partial charge in [-0.05, 0) is 43.2 Å². The van der Waals surface area contributed by atoms with Crippen molar-refractivity contribution in [3.05, 3.63) is 72.6 Å². The lowest BCUT2D eigenvalue weighted by Crippen LogP contribution is -2.15. The van der Waals surface area contributed by atoms with Crippen LogP contribution in [0.5, 0.6) is 11.5 Å². The van der Waals surface area contributed by atoms with E-state index in [9.17, 15) is 9.59 Å². The number of hydrogen-bond donors (Lipinski definition) is 2. The van der Waals surface area contributed by atoms with Crippen LogP contribution in [0.1, 0.15) is 36.5 Å². The molecule has 8 heteroatoms. The van der Waals surface area contributed by atoms with Crippen LogP contribution in [-0.4, -0.2) is 35.0 Å². The fourth-order valence-electron chi connectivity index (χ4n) is 2.80. The van der Waals surface area contributed by atoms with Crippen molar-refractivity contribution in [3.63, 3.8) is 0 Å². The fourth-order valence-corrected chi connectivity index (χ4v) is 2.80. The molecule has 8 nitrogen and oxygen atoms in total. The molecule has 2 N–H and O–H groups in total. The van der Waals surface area contributed by atoms with Crippen LogP contribution < -0.4 is 20.1 Å². The molecule has 0 aliphatic rings. The third-order valence-corrected chi connectivity index (χ3v) is 4.45. The zero-order valence-corrected chi connectivity index (χ0v) is 17.9. The molecule has 32 heavy (non-hydrogen) atoms. The minimum absolute atomic E-state index is 0.202. The number of anilines is 2. The maximum atomic E-state index is 12.6. The van der Waals surface area contributed by atoms with Crippen molar-refractivity contribution in [2.24, 2.45) is 0 Å². The number of hydrogen-bond acceptors (Lipinski definition) is 7. The molecule has 3 rings (SSSR count). The summed E-state index contributed by atoms with van der Waals surface area (Å²) in [5.74, 6) is 0.481. The second-order valence-electron chi connectivity index (χ2n) is 6.84. The standard InChI is InChI=1S/C24H26N4O4/c1-2-21(29)32-22-19(28-23(30)18-10-4-3-5-11-18)12-8-13-20(22)31-17-7-6-14-25-24-26-15-9-16-27-24/h3-5,8-13,15-16H,2,6-7,14,17H2,1H3,(H,28,30)(H,25,26,27). The average molecular weight is 434 g/mol. The molecule has 0 atom stereocenters. The van der Waals surface area contributed by atoms with Gasteiger partial charge in [0.2, 0.25) is 5.95 Å². The van der Waals surface area contributed by atoms with E-state index in [0.717, 1.165) is 12.8 Å². The van der Waals surface area contributed by atoms with Crippen LogP contribution >= 0.6 is 0 Å². The highest BCUT2D eigenvalue weighted by Crippen LogP contribution is 2.36. The molecule has 166 valence electrons. The molecule has 0 aliphatic heterocycles. The third-order valence-electron chi connectivity index (χ3n) is 4.45. The zero-order valence-electron chi connectivity index (χ0n) is 17.9. The van der Waals surface area contributed by atoms with Gasteiger partial charge in [0.15, 0.2) is 11.5 Å². The Morgan fingerprint density at radius 3 is 2.47 bits per heavy atom. The van der Waals surface area contributed by atoms with Crippen molar-refractivity contribution in [2.75, 3.05) is 23.8 Å². The van der Waals surface area contributed by atoms with Crippen LogP contribution in [-0.2, 0) is 4.79 Å². The average Bonchev–Trinajstić information content (AvgIpc) is 2.84. The van der Waals surface area contributed by atoms with Gasteiger partial charge >= 0.3 is 5.97 Å². The Morgan fingerprint density at radius 1 is 0.938 bits per heavy atom. The van der Waals surface area contributed by atoms with Crippen molar-refractivity contribution in [1.29, 1.82) is 0 Å². The van der Waals surface area contributed by atoms with Gasteiger partial charge in [-0.15, -0.1) is 0 Å². The van der Waals surface area contributed by atoms with Crippen LogP contribution in [0, 0.1) is 0 Å². The summed E-state index contributed by atoms with van der Waals surface area (Å²) >= 11 is 0. The summed E-state index contributed by atoms with van der Waals surface area (Å²) in [6, 6.07) is 15.7. The van der Waals surface area contributed by atoms with Gasteiger partial charge in [0, 0.05) is 30.9 Å². The van der Waals surface area contributed by atoms with Gasteiger partial charge in [0.25, 0.3) is 5.91 Å². The molecule has 2 aromatic carbocycles. The molecule has 1 heterocycles. The smallest absolute Gasteiger partial charge is 0.311 e. The first-order valence-electron chi connectivity index (χ1n) is 10.5. The molecule has 1 amide bonds. The summed E-state index contributed by atoms with van der Waals surface area (Å²) in [4.78, 5) is 32.8. The van der Waals surface area contributed by atoms with Crippen molar-refractivity contribution in [2.45, 2.75) is 26.2 Å². The number of carbonyl (C=O) groups is 2. The third kappa shape index (κ3) is 6.80. The molecule has 0 aliphatic carbocycles. The Hall–Kier alpha value is -3.94. The maximum absolute atomic E-state index is 12.6. The Labute approximate surface area is 187 Å². The number of esters is 1. The Kier molecular flexibility index (Phi) is 8.56. The van der Waals surface area contributed by atoms with E-state index in [2.05, 4.69) is 20.6 Å². The lowest BCUT2D eigenvalue weighted by molar-refractivity contribution is -0.134. The first-order chi connectivity index (χ1) is 15.7. The van der Waals surface area contributed by atoms with Gasteiger partial charge in [0.05, 0.1) is 12.3 Å². The summed E-state index contributed by atoms with van der Waals surface area (Å²) in [6.45, 7) is 2.83. The maximum Gasteiger partial charge on any atom is 0.311 e. The van der Waals surface area contributed by atoms with E-state index in [1.807, 2.05) is 6.07 Å². The second kappa shape index (κ2) is 12.0. The summed E-state index contributed by atoms with van der Waals surface area (Å²) in [7, 11) is 0. The Balaban J connectivity index is 1.60. The number of nitrogens with zero attached hydrogens (tertiary/aromatic N) is 2. The minimum atomic E-state index is -0.414. The number of ether oxygens (including phenoxy) is 2. The first-order valence-corrected chi connectivity index (χ1v) is 10.5. The predicted molar refractivity (Wildman–Crippen MR) is 122 cm³/mol. The number of benzene rings is 2. The van der Waals surface area contributed by atoms with Gasteiger partial charge in [-0.25, -0.2) is 9.97 Å². The van der Waals surface area contributed by atoms with E-state index >= 15 is 0 Å². The van der Waals surface area contributed by atoms with E-state index in [1.165, 1.54) is 0 Å². The first kappa shape index (κ1) is 22.7. The quantitative estimate of drug-likeness (QED) is 0.263. The van der Waals surface area contributed by atoms with E-state index < -0.39 is 5.97 Å². The number of unbranched alkanes of at least 4 members (excludes halogenated alkanes) is 1.